The van der Waals surface area contributed by atoms with E-state index in [1.54, 1.807) is 0 Å². The molecular weight excluding hydrogens is 314 g/mol. The van der Waals surface area contributed by atoms with Crippen molar-refractivity contribution < 1.29 is 9.21 Å². The summed E-state index contributed by atoms with van der Waals surface area (Å²) in [6.07, 6.45) is 2.36. The zero-order chi connectivity index (χ0) is 17.4. The third kappa shape index (κ3) is 3.50. The summed E-state index contributed by atoms with van der Waals surface area (Å²) in [5, 5.41) is 6.30. The highest BCUT2D eigenvalue weighted by Gasteiger charge is 2.28. The summed E-state index contributed by atoms with van der Waals surface area (Å²) in [7, 11) is 0. The average molecular weight is 335 g/mol. The van der Waals surface area contributed by atoms with E-state index in [0.717, 1.165) is 33.9 Å². The van der Waals surface area contributed by atoms with E-state index in [9.17, 15) is 4.79 Å². The molecule has 1 saturated carbocycles. The first kappa shape index (κ1) is 15.7. The van der Waals surface area contributed by atoms with E-state index < -0.39 is 0 Å². The summed E-state index contributed by atoms with van der Waals surface area (Å²) in [5.74, 6) is 1.31. The highest BCUT2D eigenvalue weighted by Crippen LogP contribution is 2.40. The molecule has 128 valence electrons. The summed E-state index contributed by atoms with van der Waals surface area (Å²) in [4.78, 5) is 15.8. The SMILES string of the molecule is CC(=O)Nc1cccc(C(C)Nc2ccc3nc(C4CC4)oc3c2)c1. The van der Waals surface area contributed by atoms with E-state index in [2.05, 4.69) is 22.5 Å². The van der Waals surface area contributed by atoms with Crippen LogP contribution >= 0.6 is 0 Å². The lowest BCUT2D eigenvalue weighted by Crippen LogP contribution is -2.09. The first-order chi connectivity index (χ1) is 12.1. The van der Waals surface area contributed by atoms with Crippen LogP contribution in [0.15, 0.2) is 46.9 Å². The summed E-state index contributed by atoms with van der Waals surface area (Å²) < 4.78 is 5.88. The second-order valence-electron chi connectivity index (χ2n) is 6.68. The molecule has 0 bridgehead atoms. The van der Waals surface area contributed by atoms with Crippen LogP contribution in [0.5, 0.6) is 0 Å². The van der Waals surface area contributed by atoms with Crippen LogP contribution < -0.4 is 10.6 Å². The molecule has 1 aromatic heterocycles. The van der Waals surface area contributed by atoms with Gasteiger partial charge in [-0.15, -0.1) is 0 Å². The molecule has 1 amide bonds. The summed E-state index contributed by atoms with van der Waals surface area (Å²) >= 11 is 0. The molecule has 1 fully saturated rings. The first-order valence-electron chi connectivity index (χ1n) is 8.63. The van der Waals surface area contributed by atoms with Gasteiger partial charge in [-0.2, -0.15) is 0 Å². The van der Waals surface area contributed by atoms with Gasteiger partial charge in [-0.25, -0.2) is 4.98 Å². The molecule has 1 heterocycles. The monoisotopic (exact) mass is 335 g/mol. The number of amides is 1. The number of fused-ring (bicyclic) bond motifs is 1. The molecular formula is C20H21N3O2. The first-order valence-corrected chi connectivity index (χ1v) is 8.63. The molecule has 2 N–H and O–H groups in total. The molecule has 3 aromatic rings. The number of aromatic nitrogens is 1. The van der Waals surface area contributed by atoms with E-state index in [0.29, 0.717) is 5.92 Å². The quantitative estimate of drug-likeness (QED) is 0.700. The molecule has 1 unspecified atom stereocenters. The number of carbonyl (C=O) groups is 1. The Morgan fingerprint density at radius 2 is 2.04 bits per heavy atom. The number of rotatable bonds is 5. The van der Waals surface area contributed by atoms with Gasteiger partial charge >= 0.3 is 0 Å². The number of oxazole rings is 1. The molecule has 2 aromatic carbocycles. The van der Waals surface area contributed by atoms with Gasteiger partial charge in [-0.1, -0.05) is 12.1 Å². The van der Waals surface area contributed by atoms with Gasteiger partial charge in [0.15, 0.2) is 11.5 Å². The van der Waals surface area contributed by atoms with Crippen LogP contribution in [0.3, 0.4) is 0 Å². The number of hydrogen-bond donors (Lipinski definition) is 2. The lowest BCUT2D eigenvalue weighted by Gasteiger charge is -2.16. The largest absolute Gasteiger partial charge is 0.440 e. The number of anilines is 2. The highest BCUT2D eigenvalue weighted by atomic mass is 16.3. The summed E-state index contributed by atoms with van der Waals surface area (Å²) in [6, 6.07) is 14.0. The summed E-state index contributed by atoms with van der Waals surface area (Å²) in [5.41, 5.74) is 4.63. The zero-order valence-corrected chi connectivity index (χ0v) is 14.4. The maximum atomic E-state index is 11.2. The number of hydrogen-bond acceptors (Lipinski definition) is 4. The molecule has 1 atom stereocenters. The minimum atomic E-state index is -0.0694. The third-order valence-electron chi connectivity index (χ3n) is 4.42. The molecule has 0 aliphatic heterocycles. The molecule has 0 radical (unpaired) electrons. The topological polar surface area (TPSA) is 67.2 Å². The Labute approximate surface area is 146 Å². The second kappa shape index (κ2) is 6.24. The van der Waals surface area contributed by atoms with Crippen LogP contribution in [0, 0.1) is 0 Å². The van der Waals surface area contributed by atoms with Crippen molar-refractivity contribution in [2.75, 3.05) is 10.6 Å². The highest BCUT2D eigenvalue weighted by molar-refractivity contribution is 5.88. The van der Waals surface area contributed by atoms with E-state index in [4.69, 9.17) is 4.42 Å². The molecule has 0 saturated heterocycles. The van der Waals surface area contributed by atoms with Crippen molar-refractivity contribution in [3.63, 3.8) is 0 Å². The molecule has 1 aliphatic rings. The van der Waals surface area contributed by atoms with Crippen molar-refractivity contribution in [1.29, 1.82) is 0 Å². The van der Waals surface area contributed by atoms with Crippen LogP contribution in [0.2, 0.25) is 0 Å². The second-order valence-corrected chi connectivity index (χ2v) is 6.68. The Hall–Kier alpha value is -2.82. The Balaban J connectivity index is 1.52. The predicted molar refractivity (Wildman–Crippen MR) is 98.8 cm³/mol. The Kier molecular flexibility index (Phi) is 3.92. The fourth-order valence-electron chi connectivity index (χ4n) is 2.96. The van der Waals surface area contributed by atoms with Crippen molar-refractivity contribution in [1.82, 2.24) is 4.98 Å². The van der Waals surface area contributed by atoms with Gasteiger partial charge in [0, 0.05) is 36.3 Å². The van der Waals surface area contributed by atoms with Crippen LogP contribution in [0.4, 0.5) is 11.4 Å². The maximum Gasteiger partial charge on any atom is 0.221 e. The average Bonchev–Trinajstić information content (AvgIpc) is 3.34. The number of nitrogens with one attached hydrogen (secondary N) is 2. The number of carbonyl (C=O) groups excluding carboxylic acids is 1. The standard InChI is InChI=1S/C20H21N3O2/c1-12(15-4-3-5-16(10-15)22-13(2)24)21-17-8-9-18-19(11-17)25-20(23-18)14-6-7-14/h3-5,8-12,14,21H,6-7H2,1-2H3,(H,22,24). The van der Waals surface area contributed by atoms with Gasteiger partial charge in [0.2, 0.25) is 5.91 Å². The van der Waals surface area contributed by atoms with Crippen LogP contribution in [-0.4, -0.2) is 10.9 Å². The Morgan fingerprint density at radius 1 is 1.20 bits per heavy atom. The van der Waals surface area contributed by atoms with Crippen molar-refractivity contribution in [2.24, 2.45) is 0 Å². The van der Waals surface area contributed by atoms with Gasteiger partial charge in [-0.3, -0.25) is 4.79 Å². The van der Waals surface area contributed by atoms with Gasteiger partial charge in [0.1, 0.15) is 5.52 Å². The van der Waals surface area contributed by atoms with Gasteiger partial charge in [0.25, 0.3) is 0 Å². The van der Waals surface area contributed by atoms with Gasteiger partial charge < -0.3 is 15.1 Å². The predicted octanol–water partition coefficient (Wildman–Crippen LogP) is 4.84. The summed E-state index contributed by atoms with van der Waals surface area (Å²) in [6.45, 7) is 3.60. The van der Waals surface area contributed by atoms with Crippen LogP contribution in [0.25, 0.3) is 11.1 Å². The normalized spacial score (nSPS) is 15.1. The van der Waals surface area contributed by atoms with Crippen molar-refractivity contribution in [2.45, 2.75) is 38.6 Å². The fraction of sp³-hybridized carbons (Fsp3) is 0.300. The molecule has 4 rings (SSSR count). The maximum absolute atomic E-state index is 11.2. The Morgan fingerprint density at radius 3 is 2.80 bits per heavy atom. The van der Waals surface area contributed by atoms with E-state index in [1.165, 1.54) is 19.8 Å². The van der Waals surface area contributed by atoms with Crippen molar-refractivity contribution in [3.8, 4) is 0 Å². The number of benzene rings is 2. The lowest BCUT2D eigenvalue weighted by atomic mass is 10.1. The molecule has 5 nitrogen and oxygen atoms in total. The molecule has 25 heavy (non-hydrogen) atoms. The van der Waals surface area contributed by atoms with E-state index in [-0.39, 0.29) is 11.9 Å². The van der Waals surface area contributed by atoms with Crippen molar-refractivity contribution in [3.05, 3.63) is 53.9 Å². The molecule has 1 aliphatic carbocycles. The minimum Gasteiger partial charge on any atom is -0.440 e. The van der Waals surface area contributed by atoms with Crippen molar-refractivity contribution >= 4 is 28.4 Å². The van der Waals surface area contributed by atoms with Gasteiger partial charge in [0.05, 0.1) is 0 Å². The van der Waals surface area contributed by atoms with E-state index >= 15 is 0 Å². The smallest absolute Gasteiger partial charge is 0.221 e. The molecule has 0 spiro atoms. The lowest BCUT2D eigenvalue weighted by molar-refractivity contribution is -0.114. The van der Waals surface area contributed by atoms with Crippen LogP contribution in [0.1, 0.15) is 50.1 Å². The number of nitrogens with zero attached hydrogens (tertiary/aromatic N) is 1. The Bertz CT molecular complexity index is 928. The minimum absolute atomic E-state index is 0.0694. The third-order valence-corrected chi connectivity index (χ3v) is 4.42. The van der Waals surface area contributed by atoms with E-state index in [1.807, 2.05) is 42.5 Å². The fourth-order valence-corrected chi connectivity index (χ4v) is 2.96. The van der Waals surface area contributed by atoms with Gasteiger partial charge in [-0.05, 0) is 49.6 Å². The molecule has 5 heteroatoms. The van der Waals surface area contributed by atoms with Crippen LogP contribution in [-0.2, 0) is 4.79 Å². The zero-order valence-electron chi connectivity index (χ0n) is 14.4.